The minimum Gasteiger partial charge on any atom is -0.380 e. The van der Waals surface area contributed by atoms with Gasteiger partial charge in [0.05, 0.1) is 11.7 Å². The van der Waals surface area contributed by atoms with Gasteiger partial charge >= 0.3 is 0 Å². The Morgan fingerprint density at radius 2 is 2.00 bits per heavy atom. The third-order valence-corrected chi connectivity index (χ3v) is 4.93. The van der Waals surface area contributed by atoms with Gasteiger partial charge in [0, 0.05) is 35.1 Å². The molecule has 170 valence electrons. The van der Waals surface area contributed by atoms with Crippen LogP contribution in [0.2, 0.25) is 0 Å². The molecule has 0 aliphatic rings. The van der Waals surface area contributed by atoms with Crippen LogP contribution >= 0.6 is 0 Å². The molecule has 0 saturated heterocycles. The molecule has 4 N–H and O–H groups in total. The minimum atomic E-state index is -0.289. The average molecular weight is 455 g/mol. The SMILES string of the molecule is C/C=C/C(=O)Nc1cc2c(Nc3ccc(NCc4cccc(F)c4)c(C=N)c3)ncnc2cn1. The van der Waals surface area contributed by atoms with Crippen LogP contribution in [-0.4, -0.2) is 27.1 Å². The normalized spacial score (nSPS) is 10.9. The second kappa shape index (κ2) is 10.3. The third-order valence-electron chi connectivity index (χ3n) is 4.93. The lowest BCUT2D eigenvalue weighted by Crippen LogP contribution is -2.09. The fourth-order valence-electron chi connectivity index (χ4n) is 3.35. The Bertz CT molecular complexity index is 1390. The van der Waals surface area contributed by atoms with E-state index in [2.05, 4.69) is 30.9 Å². The molecule has 0 fully saturated rings. The van der Waals surface area contributed by atoms with Crippen molar-refractivity contribution in [2.75, 3.05) is 16.0 Å². The smallest absolute Gasteiger partial charge is 0.249 e. The number of hydrogen-bond donors (Lipinski definition) is 4. The summed E-state index contributed by atoms with van der Waals surface area (Å²) in [6.07, 6.45) is 7.29. The van der Waals surface area contributed by atoms with E-state index in [1.54, 1.807) is 31.3 Å². The molecular weight excluding hydrogens is 433 g/mol. The number of hydrogen-bond acceptors (Lipinski definition) is 7. The van der Waals surface area contributed by atoms with Gasteiger partial charge in [-0.05, 0) is 55.0 Å². The first kappa shape index (κ1) is 22.5. The lowest BCUT2D eigenvalue weighted by Gasteiger charge is -2.13. The van der Waals surface area contributed by atoms with Gasteiger partial charge in [0.15, 0.2) is 0 Å². The number of carbonyl (C=O) groups excluding carboxylic acids is 1. The Hall–Kier alpha value is -4.66. The zero-order valence-electron chi connectivity index (χ0n) is 18.3. The molecule has 0 saturated carbocycles. The minimum absolute atomic E-state index is 0.280. The maximum absolute atomic E-state index is 13.4. The first-order chi connectivity index (χ1) is 16.6. The summed E-state index contributed by atoms with van der Waals surface area (Å²) in [4.78, 5) is 24.6. The van der Waals surface area contributed by atoms with E-state index in [9.17, 15) is 9.18 Å². The van der Waals surface area contributed by atoms with Crippen molar-refractivity contribution in [3.63, 3.8) is 0 Å². The van der Waals surface area contributed by atoms with Gasteiger partial charge in [-0.3, -0.25) is 4.79 Å². The highest BCUT2D eigenvalue weighted by Gasteiger charge is 2.09. The summed E-state index contributed by atoms with van der Waals surface area (Å²) in [7, 11) is 0. The Morgan fingerprint density at radius 3 is 2.79 bits per heavy atom. The number of carbonyl (C=O) groups is 1. The standard InChI is InChI=1S/C25H22FN7O/c1-2-4-24(34)33-23-11-20-22(14-29-23)30-15-31-25(20)32-19-7-8-21(17(10-19)12-27)28-13-16-5-3-6-18(26)9-16/h2-12,14-15,27-28H,13H2,1H3,(H,29,33,34)(H,30,31,32)/b4-2+,27-12?. The van der Waals surface area contributed by atoms with Gasteiger partial charge in [-0.25, -0.2) is 19.3 Å². The number of fused-ring (bicyclic) bond motifs is 1. The van der Waals surface area contributed by atoms with E-state index in [1.165, 1.54) is 30.8 Å². The predicted octanol–water partition coefficient (Wildman–Crippen LogP) is 5.03. The number of anilines is 4. The zero-order valence-corrected chi connectivity index (χ0v) is 18.3. The molecule has 4 rings (SSSR count). The highest BCUT2D eigenvalue weighted by atomic mass is 19.1. The van der Waals surface area contributed by atoms with Crippen molar-refractivity contribution in [3.05, 3.63) is 90.2 Å². The summed E-state index contributed by atoms with van der Waals surface area (Å²) < 4.78 is 13.4. The van der Waals surface area contributed by atoms with Crippen LogP contribution in [0.1, 0.15) is 18.1 Å². The summed E-state index contributed by atoms with van der Waals surface area (Å²) in [5.74, 6) is 0.344. The molecule has 2 heterocycles. The Kier molecular flexibility index (Phi) is 6.83. The van der Waals surface area contributed by atoms with E-state index < -0.39 is 0 Å². The summed E-state index contributed by atoms with van der Waals surface area (Å²) >= 11 is 0. The van der Waals surface area contributed by atoms with Crippen LogP contribution in [0.15, 0.2) is 73.2 Å². The number of rotatable bonds is 8. The molecule has 0 atom stereocenters. The predicted molar refractivity (Wildman–Crippen MR) is 132 cm³/mol. The van der Waals surface area contributed by atoms with Crippen molar-refractivity contribution in [2.45, 2.75) is 13.5 Å². The molecule has 0 aliphatic carbocycles. The van der Waals surface area contributed by atoms with E-state index in [0.29, 0.717) is 40.3 Å². The second-order valence-electron chi connectivity index (χ2n) is 7.35. The largest absolute Gasteiger partial charge is 0.380 e. The molecule has 34 heavy (non-hydrogen) atoms. The molecule has 2 aromatic carbocycles. The lowest BCUT2D eigenvalue weighted by molar-refractivity contribution is -0.111. The number of nitrogens with one attached hydrogen (secondary N) is 4. The first-order valence-electron chi connectivity index (χ1n) is 10.5. The van der Waals surface area contributed by atoms with Gasteiger partial charge in [0.2, 0.25) is 5.91 Å². The van der Waals surface area contributed by atoms with Crippen LogP contribution in [0.3, 0.4) is 0 Å². The molecule has 0 aliphatic heterocycles. The molecule has 2 aromatic heterocycles. The molecular formula is C25H22FN7O. The fourth-order valence-corrected chi connectivity index (χ4v) is 3.35. The topological polar surface area (TPSA) is 116 Å². The Morgan fingerprint density at radius 1 is 1.12 bits per heavy atom. The van der Waals surface area contributed by atoms with Crippen LogP contribution < -0.4 is 16.0 Å². The van der Waals surface area contributed by atoms with E-state index in [0.717, 1.165) is 11.3 Å². The lowest BCUT2D eigenvalue weighted by atomic mass is 10.1. The number of pyridine rings is 1. The molecule has 0 bridgehead atoms. The number of allylic oxidation sites excluding steroid dienone is 1. The number of halogens is 1. The molecule has 4 aromatic rings. The maximum atomic E-state index is 13.4. The van der Waals surface area contributed by atoms with Gasteiger partial charge < -0.3 is 21.4 Å². The number of benzene rings is 2. The fraction of sp³-hybridized carbons (Fsp3) is 0.0800. The van der Waals surface area contributed by atoms with E-state index in [4.69, 9.17) is 5.41 Å². The summed E-state index contributed by atoms with van der Waals surface area (Å²) in [6, 6.07) is 13.6. The highest BCUT2D eigenvalue weighted by Crippen LogP contribution is 2.27. The second-order valence-corrected chi connectivity index (χ2v) is 7.35. The maximum Gasteiger partial charge on any atom is 0.249 e. The van der Waals surface area contributed by atoms with Crippen LogP contribution in [0, 0.1) is 11.2 Å². The number of amides is 1. The highest BCUT2D eigenvalue weighted by molar-refractivity contribution is 6.00. The average Bonchev–Trinajstić information content (AvgIpc) is 2.83. The van der Waals surface area contributed by atoms with Crippen LogP contribution in [0.5, 0.6) is 0 Å². The third kappa shape index (κ3) is 5.39. The van der Waals surface area contributed by atoms with E-state index in [-0.39, 0.29) is 11.7 Å². The Labute approximate surface area is 195 Å². The van der Waals surface area contributed by atoms with Crippen LogP contribution in [0.25, 0.3) is 10.9 Å². The quantitative estimate of drug-likeness (QED) is 0.219. The number of aromatic nitrogens is 3. The number of nitrogens with zero attached hydrogens (tertiary/aromatic N) is 3. The summed E-state index contributed by atoms with van der Waals surface area (Å²) in [5, 5.41) is 17.7. The molecule has 0 unspecified atom stereocenters. The van der Waals surface area contributed by atoms with Crippen molar-refractivity contribution < 1.29 is 9.18 Å². The van der Waals surface area contributed by atoms with Crippen molar-refractivity contribution >= 4 is 46.0 Å². The van der Waals surface area contributed by atoms with Crippen LogP contribution in [0.4, 0.5) is 27.4 Å². The van der Waals surface area contributed by atoms with Gasteiger partial charge in [-0.2, -0.15) is 0 Å². The molecule has 8 nitrogen and oxygen atoms in total. The first-order valence-corrected chi connectivity index (χ1v) is 10.5. The molecule has 0 spiro atoms. The summed E-state index contributed by atoms with van der Waals surface area (Å²) in [5.41, 5.74) is 3.53. The van der Waals surface area contributed by atoms with Gasteiger partial charge in [0.25, 0.3) is 0 Å². The van der Waals surface area contributed by atoms with Crippen molar-refractivity contribution in [3.8, 4) is 0 Å². The van der Waals surface area contributed by atoms with Gasteiger partial charge in [0.1, 0.15) is 23.8 Å². The van der Waals surface area contributed by atoms with Gasteiger partial charge in [-0.15, -0.1) is 0 Å². The van der Waals surface area contributed by atoms with Crippen LogP contribution in [-0.2, 0) is 11.3 Å². The van der Waals surface area contributed by atoms with Gasteiger partial charge in [-0.1, -0.05) is 18.2 Å². The molecule has 0 radical (unpaired) electrons. The monoisotopic (exact) mass is 455 g/mol. The molecule has 9 heteroatoms. The summed E-state index contributed by atoms with van der Waals surface area (Å²) in [6.45, 7) is 2.19. The van der Waals surface area contributed by atoms with Crippen molar-refractivity contribution in [1.29, 1.82) is 5.41 Å². The van der Waals surface area contributed by atoms with E-state index >= 15 is 0 Å². The van der Waals surface area contributed by atoms with Crippen molar-refractivity contribution in [1.82, 2.24) is 15.0 Å². The van der Waals surface area contributed by atoms with Crippen molar-refractivity contribution in [2.24, 2.45) is 0 Å². The zero-order chi connectivity index (χ0) is 23.9. The molecule has 1 amide bonds. The van der Waals surface area contributed by atoms with E-state index in [1.807, 2.05) is 24.3 Å². The Balaban J connectivity index is 1.56.